The van der Waals surface area contributed by atoms with Crippen molar-refractivity contribution in [3.8, 4) is 0 Å². The van der Waals surface area contributed by atoms with E-state index >= 15 is 0 Å². The monoisotopic (exact) mass is 688 g/mol. The molecule has 0 saturated carbocycles. The van der Waals surface area contributed by atoms with Crippen molar-refractivity contribution in [3.05, 3.63) is 47.1 Å². The highest BCUT2D eigenvalue weighted by molar-refractivity contribution is 6.14. The Labute approximate surface area is 288 Å². The van der Waals surface area contributed by atoms with Crippen LogP contribution in [0.4, 0.5) is 0 Å². The molecular formula is C37H52O12. The quantitative estimate of drug-likeness (QED) is 0.0989. The van der Waals surface area contributed by atoms with Gasteiger partial charge in [-0.1, -0.05) is 43.2 Å². The highest BCUT2D eigenvalue weighted by Crippen LogP contribution is 2.54. The number of carbonyl (C=O) groups excluding carboxylic acids is 5. The lowest BCUT2D eigenvalue weighted by molar-refractivity contribution is -0.228. The van der Waals surface area contributed by atoms with Gasteiger partial charge < -0.3 is 33.5 Å². The third kappa shape index (κ3) is 8.77. The van der Waals surface area contributed by atoms with Crippen molar-refractivity contribution < 1.29 is 57.5 Å². The molecule has 0 radical (unpaired) electrons. The summed E-state index contributed by atoms with van der Waals surface area (Å²) in [5.41, 5.74) is -2.61. The van der Waals surface area contributed by atoms with Gasteiger partial charge in [-0.25, -0.2) is 9.59 Å². The van der Waals surface area contributed by atoms with E-state index in [1.165, 1.54) is 0 Å². The summed E-state index contributed by atoms with van der Waals surface area (Å²) in [7, 11) is 4.51. The second-order valence-corrected chi connectivity index (χ2v) is 12.7. The van der Waals surface area contributed by atoms with Gasteiger partial charge in [0.25, 0.3) is 0 Å². The molecule has 0 aromatic rings. The topological polar surface area (TPSA) is 161 Å². The fourth-order valence-corrected chi connectivity index (χ4v) is 7.50. The summed E-state index contributed by atoms with van der Waals surface area (Å²) < 4.78 is 32.4. The molecule has 12 heteroatoms. The van der Waals surface area contributed by atoms with Gasteiger partial charge >= 0.3 is 23.9 Å². The molecule has 0 amide bonds. The van der Waals surface area contributed by atoms with E-state index in [9.17, 15) is 29.1 Å². The fourth-order valence-electron chi connectivity index (χ4n) is 7.50. The lowest BCUT2D eigenvalue weighted by atomic mass is 9.62. The SMILES string of the molecule is C/C=C\CCC1([C@@H](O)C[C@H]2[C@H]3C(=O)C(=C[C@@H]2CCCCC/C=C/C)[C@](CC(=O)OC)(C(=O)OC)CC(C(=O)OC)=C3C(=O)OC)OCCO1. The van der Waals surface area contributed by atoms with Crippen molar-refractivity contribution in [2.24, 2.45) is 23.2 Å². The molecule has 49 heavy (non-hydrogen) atoms. The van der Waals surface area contributed by atoms with Crippen LogP contribution in [0.1, 0.15) is 78.1 Å². The Balaban J connectivity index is 2.31. The van der Waals surface area contributed by atoms with E-state index in [1.54, 1.807) is 6.08 Å². The molecular weight excluding hydrogens is 636 g/mol. The Hall–Kier alpha value is -3.61. The molecule has 1 saturated heterocycles. The smallest absolute Gasteiger partial charge is 0.335 e. The van der Waals surface area contributed by atoms with E-state index in [0.717, 1.165) is 54.1 Å². The number of ketones is 1. The number of rotatable bonds is 17. The fraction of sp³-hybridized carbons (Fsp3) is 0.649. The van der Waals surface area contributed by atoms with E-state index in [-0.39, 0.29) is 36.4 Å². The van der Waals surface area contributed by atoms with E-state index in [4.69, 9.17) is 28.4 Å². The first-order chi connectivity index (χ1) is 23.5. The van der Waals surface area contributed by atoms with Crippen LogP contribution in [0.3, 0.4) is 0 Å². The minimum absolute atomic E-state index is 0.0452. The molecule has 1 N–H and O–H groups in total. The Morgan fingerprint density at radius 3 is 2.16 bits per heavy atom. The number of fused-ring (bicyclic) bond motifs is 2. The third-order valence-corrected chi connectivity index (χ3v) is 9.94. The molecule has 3 rings (SSSR count). The number of aliphatic hydroxyl groups is 1. The largest absolute Gasteiger partial charge is 0.469 e. The van der Waals surface area contributed by atoms with Gasteiger partial charge in [0.05, 0.1) is 59.6 Å². The van der Waals surface area contributed by atoms with Gasteiger partial charge in [-0.15, -0.1) is 0 Å². The van der Waals surface area contributed by atoms with Crippen LogP contribution in [-0.4, -0.2) is 88.3 Å². The third-order valence-electron chi connectivity index (χ3n) is 9.94. The van der Waals surface area contributed by atoms with Gasteiger partial charge in [-0.3, -0.25) is 14.4 Å². The lowest BCUT2D eigenvalue weighted by Crippen LogP contribution is -2.49. The molecule has 3 aliphatic rings. The van der Waals surface area contributed by atoms with Crippen molar-refractivity contribution in [3.63, 3.8) is 0 Å². The van der Waals surface area contributed by atoms with Crippen LogP contribution in [0, 0.1) is 23.2 Å². The van der Waals surface area contributed by atoms with Gasteiger partial charge in [-0.2, -0.15) is 0 Å². The number of aliphatic hydroxyl groups excluding tert-OH is 1. The van der Waals surface area contributed by atoms with Crippen LogP contribution in [0.25, 0.3) is 0 Å². The van der Waals surface area contributed by atoms with Crippen molar-refractivity contribution in [1.82, 2.24) is 0 Å². The Kier molecular flexibility index (Phi) is 15.0. The predicted octanol–water partition coefficient (Wildman–Crippen LogP) is 4.49. The van der Waals surface area contributed by atoms with Crippen molar-refractivity contribution in [2.45, 2.75) is 89.9 Å². The zero-order valence-electron chi connectivity index (χ0n) is 29.6. The van der Waals surface area contributed by atoms with E-state index < -0.39 is 77.6 Å². The molecule has 1 aliphatic heterocycles. The number of hydrogen-bond donors (Lipinski definition) is 1. The lowest BCUT2D eigenvalue weighted by Gasteiger charge is -2.42. The predicted molar refractivity (Wildman–Crippen MR) is 178 cm³/mol. The number of allylic oxidation sites excluding steroid dienone is 5. The minimum Gasteiger partial charge on any atom is -0.469 e. The van der Waals surface area contributed by atoms with E-state index in [0.29, 0.717) is 19.3 Å². The molecule has 0 spiro atoms. The second kappa shape index (κ2) is 18.4. The summed E-state index contributed by atoms with van der Waals surface area (Å²) in [6.45, 7) is 4.40. The Morgan fingerprint density at radius 2 is 1.57 bits per heavy atom. The normalized spacial score (nSPS) is 25.6. The van der Waals surface area contributed by atoms with Gasteiger partial charge in [0, 0.05) is 24.0 Å². The van der Waals surface area contributed by atoms with Crippen molar-refractivity contribution >= 4 is 29.7 Å². The number of hydrogen-bond acceptors (Lipinski definition) is 12. The summed E-state index contributed by atoms with van der Waals surface area (Å²) in [5, 5.41) is 11.9. The minimum atomic E-state index is -2.00. The second-order valence-electron chi connectivity index (χ2n) is 12.7. The maximum absolute atomic E-state index is 14.8. The number of Topliss-reactive ketones (excluding diaryl/α,β-unsaturated/α-hetero) is 1. The standard InChI is InChI=1S/C37H52O12/c1-7-9-11-12-13-14-16-24-20-27-32(40)30(25(24)21-28(38)37(17-15-10-8-2)48-18-19-49-37)31(34(42)46-5)26(33(41)45-4)22-36(27,35(43)47-6)23-29(39)44-3/h7-10,20,24-25,28,30,38H,11-19,21-23H2,1-6H3/b9-7+,10-8-/t24-,25+,28-,30+,36-/m0/s1. The first-order valence-electron chi connectivity index (χ1n) is 17.0. The first-order valence-corrected chi connectivity index (χ1v) is 17.0. The summed E-state index contributed by atoms with van der Waals surface area (Å²) in [4.78, 5) is 68.8. The molecule has 12 nitrogen and oxygen atoms in total. The number of ether oxygens (including phenoxy) is 6. The van der Waals surface area contributed by atoms with Gasteiger partial charge in [0.1, 0.15) is 11.5 Å². The van der Waals surface area contributed by atoms with Crippen LogP contribution in [0.2, 0.25) is 0 Å². The zero-order chi connectivity index (χ0) is 36.2. The number of unbranched alkanes of at least 4 members (excludes halogenated alkanes) is 3. The number of esters is 4. The van der Waals surface area contributed by atoms with Crippen molar-refractivity contribution in [1.29, 1.82) is 0 Å². The average Bonchev–Trinajstić information content (AvgIpc) is 3.57. The highest BCUT2D eigenvalue weighted by Gasteiger charge is 2.59. The van der Waals surface area contributed by atoms with Crippen LogP contribution < -0.4 is 0 Å². The summed E-state index contributed by atoms with van der Waals surface area (Å²) in [6.07, 6.45) is 12.0. The molecule has 2 aliphatic carbocycles. The maximum atomic E-state index is 14.8. The molecule has 5 atom stereocenters. The Morgan fingerprint density at radius 1 is 0.918 bits per heavy atom. The molecule has 1 heterocycles. The van der Waals surface area contributed by atoms with Gasteiger partial charge in [0.15, 0.2) is 11.6 Å². The average molecular weight is 689 g/mol. The van der Waals surface area contributed by atoms with Gasteiger partial charge in [-0.05, 0) is 57.8 Å². The molecule has 0 unspecified atom stereocenters. The van der Waals surface area contributed by atoms with Crippen LogP contribution in [-0.2, 0) is 52.4 Å². The number of carbonyl (C=O) groups is 5. The van der Waals surface area contributed by atoms with E-state index in [1.807, 2.05) is 32.1 Å². The summed E-state index contributed by atoms with van der Waals surface area (Å²) in [5.74, 6) is -8.26. The zero-order valence-corrected chi connectivity index (χ0v) is 29.6. The Bertz CT molecular complexity index is 1330. The maximum Gasteiger partial charge on any atom is 0.335 e. The molecule has 1 fully saturated rings. The first kappa shape index (κ1) is 39.8. The molecule has 272 valence electrons. The van der Waals surface area contributed by atoms with Crippen LogP contribution in [0.15, 0.2) is 47.1 Å². The molecule has 2 bridgehead atoms. The van der Waals surface area contributed by atoms with Crippen LogP contribution in [0.5, 0.6) is 0 Å². The molecule has 0 aromatic carbocycles. The van der Waals surface area contributed by atoms with E-state index in [2.05, 4.69) is 6.08 Å². The van der Waals surface area contributed by atoms with Crippen molar-refractivity contribution in [2.75, 3.05) is 41.7 Å². The van der Waals surface area contributed by atoms with Gasteiger partial charge in [0.2, 0.25) is 0 Å². The number of methoxy groups -OCH3 is 4. The summed E-state index contributed by atoms with van der Waals surface area (Å²) >= 11 is 0. The molecule has 0 aromatic heterocycles. The summed E-state index contributed by atoms with van der Waals surface area (Å²) in [6, 6.07) is 0. The highest BCUT2D eigenvalue weighted by atomic mass is 16.7. The van der Waals surface area contributed by atoms with Crippen LogP contribution >= 0.6 is 0 Å².